The second-order valence-electron chi connectivity index (χ2n) is 5.94. The number of aryl methyl sites for hydroxylation is 1. The predicted octanol–water partition coefficient (Wildman–Crippen LogP) is 5.34. The van der Waals surface area contributed by atoms with Crippen LogP contribution in [-0.4, -0.2) is 4.98 Å². The molecule has 0 atom stereocenters. The second kappa shape index (κ2) is 7.98. The van der Waals surface area contributed by atoms with Gasteiger partial charge >= 0.3 is 0 Å². The SMILES string of the molecule is Cc1cc(CCl)cc(N(Cc2ccccc2)Cc2ccccc2)n1. The molecule has 0 amide bonds. The lowest BCUT2D eigenvalue weighted by molar-refractivity contribution is 0.780. The Bertz CT molecular complexity index is 731. The van der Waals surface area contributed by atoms with E-state index in [4.69, 9.17) is 16.6 Å². The van der Waals surface area contributed by atoms with Crippen molar-refractivity contribution in [2.45, 2.75) is 25.9 Å². The van der Waals surface area contributed by atoms with Gasteiger partial charge in [-0.1, -0.05) is 60.7 Å². The molecule has 0 spiro atoms. The molecule has 0 saturated carbocycles. The summed E-state index contributed by atoms with van der Waals surface area (Å²) in [6.07, 6.45) is 0. The maximum atomic E-state index is 6.05. The van der Waals surface area contributed by atoms with Gasteiger partial charge in [-0.15, -0.1) is 11.6 Å². The number of hydrogen-bond donors (Lipinski definition) is 0. The summed E-state index contributed by atoms with van der Waals surface area (Å²) in [5, 5.41) is 0. The molecule has 3 heteroatoms. The highest BCUT2D eigenvalue weighted by atomic mass is 35.5. The summed E-state index contributed by atoms with van der Waals surface area (Å²) < 4.78 is 0. The minimum Gasteiger partial charge on any atom is -0.348 e. The van der Waals surface area contributed by atoms with Gasteiger partial charge in [-0.3, -0.25) is 0 Å². The van der Waals surface area contributed by atoms with Gasteiger partial charge in [-0.25, -0.2) is 4.98 Å². The van der Waals surface area contributed by atoms with Crippen LogP contribution in [0.1, 0.15) is 22.4 Å². The van der Waals surface area contributed by atoms with E-state index in [1.165, 1.54) is 11.1 Å². The first-order valence-corrected chi connectivity index (χ1v) is 8.64. The summed E-state index contributed by atoms with van der Waals surface area (Å²) in [4.78, 5) is 7.04. The van der Waals surface area contributed by atoms with E-state index < -0.39 is 0 Å². The van der Waals surface area contributed by atoms with E-state index in [1.807, 2.05) is 25.1 Å². The van der Waals surface area contributed by atoms with Crippen molar-refractivity contribution in [1.29, 1.82) is 0 Å². The van der Waals surface area contributed by atoms with E-state index in [1.54, 1.807) is 0 Å². The fourth-order valence-electron chi connectivity index (χ4n) is 2.79. The molecule has 0 aliphatic heterocycles. The van der Waals surface area contributed by atoms with Crippen molar-refractivity contribution in [2.24, 2.45) is 0 Å². The maximum absolute atomic E-state index is 6.05. The van der Waals surface area contributed by atoms with Crippen molar-refractivity contribution in [3.8, 4) is 0 Å². The molecule has 2 aromatic carbocycles. The van der Waals surface area contributed by atoms with E-state index >= 15 is 0 Å². The summed E-state index contributed by atoms with van der Waals surface area (Å²) >= 11 is 6.05. The molecule has 0 unspecified atom stereocenters. The zero-order valence-electron chi connectivity index (χ0n) is 13.8. The van der Waals surface area contributed by atoms with Gasteiger partial charge < -0.3 is 4.90 Å². The summed E-state index contributed by atoms with van der Waals surface area (Å²) in [5.41, 5.74) is 4.63. The van der Waals surface area contributed by atoms with Crippen LogP contribution < -0.4 is 4.90 Å². The first kappa shape index (κ1) is 16.5. The van der Waals surface area contributed by atoms with E-state index in [-0.39, 0.29) is 0 Å². The molecule has 24 heavy (non-hydrogen) atoms. The summed E-state index contributed by atoms with van der Waals surface area (Å²) in [7, 11) is 0. The van der Waals surface area contributed by atoms with Gasteiger partial charge in [0.15, 0.2) is 0 Å². The average molecular weight is 337 g/mol. The normalized spacial score (nSPS) is 10.6. The third kappa shape index (κ3) is 4.36. The standard InChI is InChI=1S/C21H21ClN2/c1-17-12-20(14-22)13-21(23-17)24(15-18-8-4-2-5-9-18)16-19-10-6-3-7-11-19/h2-13H,14-16H2,1H3. The lowest BCUT2D eigenvalue weighted by atomic mass is 10.1. The minimum absolute atomic E-state index is 0.501. The fourth-order valence-corrected chi connectivity index (χ4v) is 2.94. The molecular weight excluding hydrogens is 316 g/mol. The molecule has 0 aliphatic rings. The third-order valence-corrected chi connectivity index (χ3v) is 4.22. The second-order valence-corrected chi connectivity index (χ2v) is 6.20. The Labute approximate surface area is 148 Å². The number of alkyl halides is 1. The van der Waals surface area contributed by atoms with E-state index in [0.29, 0.717) is 5.88 Å². The van der Waals surface area contributed by atoms with Gasteiger partial charge in [0.05, 0.1) is 0 Å². The Hall–Kier alpha value is -2.32. The smallest absolute Gasteiger partial charge is 0.129 e. The molecule has 122 valence electrons. The molecular formula is C21H21ClN2. The highest BCUT2D eigenvalue weighted by Crippen LogP contribution is 2.21. The van der Waals surface area contributed by atoms with Crippen LogP contribution in [0.3, 0.4) is 0 Å². The minimum atomic E-state index is 0.501. The molecule has 3 aromatic rings. The molecule has 0 N–H and O–H groups in total. The number of benzene rings is 2. The molecule has 0 fully saturated rings. The van der Waals surface area contributed by atoms with Crippen LogP contribution in [0.5, 0.6) is 0 Å². The highest BCUT2D eigenvalue weighted by Gasteiger charge is 2.11. The first-order chi connectivity index (χ1) is 11.7. The van der Waals surface area contributed by atoms with Gasteiger partial charge in [0.1, 0.15) is 5.82 Å². The average Bonchev–Trinajstić information content (AvgIpc) is 2.62. The van der Waals surface area contributed by atoms with Gasteiger partial charge in [-0.2, -0.15) is 0 Å². The van der Waals surface area contributed by atoms with Crippen LogP contribution in [-0.2, 0) is 19.0 Å². The summed E-state index contributed by atoms with van der Waals surface area (Å²) in [6.45, 7) is 3.64. The van der Waals surface area contributed by atoms with E-state index in [2.05, 4.69) is 59.5 Å². The van der Waals surface area contributed by atoms with Crippen LogP contribution in [0, 0.1) is 6.92 Å². The number of pyridine rings is 1. The fraction of sp³-hybridized carbons (Fsp3) is 0.190. The number of aromatic nitrogens is 1. The van der Waals surface area contributed by atoms with Crippen molar-refractivity contribution in [1.82, 2.24) is 4.98 Å². The van der Waals surface area contributed by atoms with Crippen LogP contribution in [0.2, 0.25) is 0 Å². The maximum Gasteiger partial charge on any atom is 0.129 e. The van der Waals surface area contributed by atoms with Crippen molar-refractivity contribution >= 4 is 17.4 Å². The quantitative estimate of drug-likeness (QED) is 0.565. The van der Waals surface area contributed by atoms with Gasteiger partial charge in [0.25, 0.3) is 0 Å². The molecule has 0 saturated heterocycles. The van der Waals surface area contributed by atoms with Crippen LogP contribution in [0.25, 0.3) is 0 Å². The molecule has 0 bridgehead atoms. The Balaban J connectivity index is 1.93. The van der Waals surface area contributed by atoms with E-state index in [0.717, 1.165) is 30.2 Å². The molecule has 0 aliphatic carbocycles. The zero-order valence-corrected chi connectivity index (χ0v) is 14.6. The lowest BCUT2D eigenvalue weighted by Gasteiger charge is -2.25. The lowest BCUT2D eigenvalue weighted by Crippen LogP contribution is -2.23. The van der Waals surface area contributed by atoms with Gasteiger partial charge in [-0.05, 0) is 35.7 Å². The van der Waals surface area contributed by atoms with E-state index in [9.17, 15) is 0 Å². The van der Waals surface area contributed by atoms with Crippen LogP contribution >= 0.6 is 11.6 Å². The van der Waals surface area contributed by atoms with Gasteiger partial charge in [0, 0.05) is 24.7 Å². The Morgan fingerprint density at radius 3 is 1.83 bits per heavy atom. The van der Waals surface area contributed by atoms with Crippen molar-refractivity contribution in [3.05, 3.63) is 95.2 Å². The van der Waals surface area contributed by atoms with Gasteiger partial charge in [0.2, 0.25) is 0 Å². The topological polar surface area (TPSA) is 16.1 Å². The number of hydrogen-bond acceptors (Lipinski definition) is 2. The van der Waals surface area contributed by atoms with Crippen LogP contribution in [0.4, 0.5) is 5.82 Å². The first-order valence-electron chi connectivity index (χ1n) is 8.11. The number of nitrogens with zero attached hydrogens (tertiary/aromatic N) is 2. The zero-order chi connectivity index (χ0) is 16.8. The molecule has 0 radical (unpaired) electrons. The molecule has 1 heterocycles. The predicted molar refractivity (Wildman–Crippen MR) is 101 cm³/mol. The van der Waals surface area contributed by atoms with Crippen molar-refractivity contribution < 1.29 is 0 Å². The molecule has 1 aromatic heterocycles. The number of rotatable bonds is 6. The Morgan fingerprint density at radius 2 is 1.33 bits per heavy atom. The number of halogens is 1. The number of anilines is 1. The largest absolute Gasteiger partial charge is 0.348 e. The van der Waals surface area contributed by atoms with Crippen molar-refractivity contribution in [3.63, 3.8) is 0 Å². The molecule has 2 nitrogen and oxygen atoms in total. The molecule has 3 rings (SSSR count). The Kier molecular flexibility index (Phi) is 5.50. The highest BCUT2D eigenvalue weighted by molar-refractivity contribution is 6.17. The Morgan fingerprint density at radius 1 is 0.792 bits per heavy atom. The van der Waals surface area contributed by atoms with Crippen LogP contribution in [0.15, 0.2) is 72.8 Å². The summed E-state index contributed by atoms with van der Waals surface area (Å²) in [5.74, 6) is 1.47. The third-order valence-electron chi connectivity index (χ3n) is 3.91. The summed E-state index contributed by atoms with van der Waals surface area (Å²) in [6, 6.07) is 25.1. The van der Waals surface area contributed by atoms with Crippen molar-refractivity contribution in [2.75, 3.05) is 4.90 Å². The monoisotopic (exact) mass is 336 g/mol.